The lowest BCUT2D eigenvalue weighted by atomic mass is 10.1. The highest BCUT2D eigenvalue weighted by atomic mass is 28.1. The average molecular weight is 158 g/mol. The SMILES string of the molecule is O=C(OC[SiH3])C1CCCC1. The Kier molecular flexibility index (Phi) is 2.93. The van der Waals surface area contributed by atoms with E-state index < -0.39 is 0 Å². The van der Waals surface area contributed by atoms with Gasteiger partial charge in [-0.15, -0.1) is 0 Å². The molecule has 1 saturated carbocycles. The van der Waals surface area contributed by atoms with E-state index in [1.165, 1.54) is 12.8 Å². The Hall–Kier alpha value is -0.313. The predicted octanol–water partition coefficient (Wildman–Crippen LogP) is 0.0427. The van der Waals surface area contributed by atoms with E-state index >= 15 is 0 Å². The van der Waals surface area contributed by atoms with Crippen LogP contribution in [0.1, 0.15) is 25.7 Å². The summed E-state index contributed by atoms with van der Waals surface area (Å²) in [5.74, 6) is 0.293. The number of hydrogen-bond acceptors (Lipinski definition) is 2. The van der Waals surface area contributed by atoms with Gasteiger partial charge >= 0.3 is 5.97 Å². The van der Waals surface area contributed by atoms with Gasteiger partial charge in [0.05, 0.1) is 22.4 Å². The molecule has 0 heterocycles. The Labute approximate surface area is 64.4 Å². The standard InChI is InChI=1S/C7H14O2Si/c8-7(9-5-10)6-3-1-2-4-6/h6H,1-5H2,10H3. The summed E-state index contributed by atoms with van der Waals surface area (Å²) < 4.78 is 4.95. The lowest BCUT2D eigenvalue weighted by molar-refractivity contribution is -0.146. The summed E-state index contributed by atoms with van der Waals surface area (Å²) in [7, 11) is 0.965. The number of ether oxygens (including phenoxy) is 1. The van der Waals surface area contributed by atoms with Gasteiger partial charge in [-0.2, -0.15) is 0 Å². The van der Waals surface area contributed by atoms with Crippen molar-refractivity contribution in [2.75, 3.05) is 6.23 Å². The van der Waals surface area contributed by atoms with Crippen LogP contribution in [0.25, 0.3) is 0 Å². The fraction of sp³-hybridized carbons (Fsp3) is 0.857. The predicted molar refractivity (Wildman–Crippen MR) is 42.9 cm³/mol. The third-order valence-corrected chi connectivity index (χ3v) is 2.26. The van der Waals surface area contributed by atoms with Crippen molar-refractivity contribution in [3.05, 3.63) is 0 Å². The van der Waals surface area contributed by atoms with Crippen molar-refractivity contribution in [1.82, 2.24) is 0 Å². The monoisotopic (exact) mass is 158 g/mol. The van der Waals surface area contributed by atoms with E-state index in [1.807, 2.05) is 0 Å². The van der Waals surface area contributed by atoms with E-state index in [0.717, 1.165) is 23.1 Å². The topological polar surface area (TPSA) is 26.3 Å². The molecule has 2 nitrogen and oxygen atoms in total. The fourth-order valence-electron chi connectivity index (χ4n) is 1.42. The quantitative estimate of drug-likeness (QED) is 0.419. The molecule has 3 heteroatoms. The summed E-state index contributed by atoms with van der Waals surface area (Å²) in [6.45, 7) is 0. The molecule has 0 saturated heterocycles. The van der Waals surface area contributed by atoms with Crippen molar-refractivity contribution in [2.45, 2.75) is 25.7 Å². The molecule has 1 fully saturated rings. The molecule has 0 aromatic heterocycles. The Balaban J connectivity index is 2.25. The van der Waals surface area contributed by atoms with Gasteiger partial charge in [0, 0.05) is 0 Å². The summed E-state index contributed by atoms with van der Waals surface area (Å²) >= 11 is 0. The molecule has 0 amide bonds. The number of esters is 1. The second-order valence-electron chi connectivity index (χ2n) is 2.73. The first kappa shape index (κ1) is 7.79. The number of carbonyl (C=O) groups excluding carboxylic acids is 1. The maximum absolute atomic E-state index is 11.0. The van der Waals surface area contributed by atoms with Gasteiger partial charge in [0.2, 0.25) is 0 Å². The smallest absolute Gasteiger partial charge is 0.308 e. The van der Waals surface area contributed by atoms with Gasteiger partial charge in [0.15, 0.2) is 0 Å². The van der Waals surface area contributed by atoms with Crippen LogP contribution in [-0.2, 0) is 9.53 Å². The van der Waals surface area contributed by atoms with E-state index in [1.54, 1.807) is 0 Å². The van der Waals surface area contributed by atoms with Crippen LogP contribution in [0.4, 0.5) is 0 Å². The summed E-state index contributed by atoms with van der Waals surface area (Å²) in [4.78, 5) is 11.0. The van der Waals surface area contributed by atoms with Gasteiger partial charge in [-0.1, -0.05) is 12.8 Å². The molecule has 0 radical (unpaired) electrons. The lowest BCUT2D eigenvalue weighted by Gasteiger charge is -2.06. The van der Waals surface area contributed by atoms with Crippen LogP contribution < -0.4 is 0 Å². The first-order valence-electron chi connectivity index (χ1n) is 4.01. The number of hydrogen-bond donors (Lipinski definition) is 0. The van der Waals surface area contributed by atoms with Crippen LogP contribution in [0.3, 0.4) is 0 Å². The zero-order chi connectivity index (χ0) is 7.40. The highest BCUT2D eigenvalue weighted by Crippen LogP contribution is 2.25. The van der Waals surface area contributed by atoms with E-state index in [2.05, 4.69) is 0 Å². The van der Waals surface area contributed by atoms with E-state index in [-0.39, 0.29) is 11.9 Å². The first-order valence-corrected chi connectivity index (χ1v) is 5.42. The fourth-order valence-corrected chi connectivity index (χ4v) is 1.71. The Morgan fingerprint density at radius 3 is 2.60 bits per heavy atom. The molecule has 0 unspecified atom stereocenters. The summed E-state index contributed by atoms with van der Waals surface area (Å²) in [6, 6.07) is 0. The maximum atomic E-state index is 11.0. The maximum Gasteiger partial charge on any atom is 0.308 e. The van der Waals surface area contributed by atoms with Gasteiger partial charge in [0.25, 0.3) is 0 Å². The molecule has 1 aliphatic carbocycles. The Morgan fingerprint density at radius 2 is 2.10 bits per heavy atom. The minimum Gasteiger partial charge on any atom is -0.470 e. The Bertz CT molecular complexity index is 119. The molecule has 0 atom stereocenters. The summed E-state index contributed by atoms with van der Waals surface area (Å²) in [6.07, 6.45) is 5.19. The zero-order valence-corrected chi connectivity index (χ0v) is 8.43. The van der Waals surface area contributed by atoms with Crippen LogP contribution in [0.2, 0.25) is 0 Å². The van der Waals surface area contributed by atoms with Crippen molar-refractivity contribution in [3.63, 3.8) is 0 Å². The van der Waals surface area contributed by atoms with Crippen LogP contribution in [0, 0.1) is 5.92 Å². The normalized spacial score (nSPS) is 19.6. The van der Waals surface area contributed by atoms with Crippen LogP contribution in [0.5, 0.6) is 0 Å². The molecule has 0 N–H and O–H groups in total. The van der Waals surface area contributed by atoms with E-state index in [9.17, 15) is 4.79 Å². The number of rotatable bonds is 2. The molecule has 10 heavy (non-hydrogen) atoms. The minimum absolute atomic E-state index is 0.0486. The third-order valence-electron chi connectivity index (χ3n) is 1.98. The molecular formula is C7H14O2Si. The average Bonchev–Trinajstić information content (AvgIpc) is 2.38. The van der Waals surface area contributed by atoms with Crippen LogP contribution >= 0.6 is 0 Å². The van der Waals surface area contributed by atoms with Gasteiger partial charge in [-0.3, -0.25) is 4.79 Å². The van der Waals surface area contributed by atoms with Crippen molar-refractivity contribution < 1.29 is 9.53 Å². The van der Waals surface area contributed by atoms with Gasteiger partial charge in [0.1, 0.15) is 0 Å². The first-order chi connectivity index (χ1) is 4.84. The van der Waals surface area contributed by atoms with Gasteiger partial charge < -0.3 is 4.74 Å². The molecule has 0 aromatic rings. The molecular weight excluding hydrogens is 144 g/mol. The lowest BCUT2D eigenvalue weighted by Crippen LogP contribution is -2.15. The molecule has 0 aliphatic heterocycles. The van der Waals surface area contributed by atoms with E-state index in [0.29, 0.717) is 6.23 Å². The van der Waals surface area contributed by atoms with Crippen molar-refractivity contribution in [1.29, 1.82) is 0 Å². The summed E-state index contributed by atoms with van der Waals surface area (Å²) in [5, 5.41) is 0. The Morgan fingerprint density at radius 1 is 1.50 bits per heavy atom. The van der Waals surface area contributed by atoms with Gasteiger partial charge in [-0.25, -0.2) is 0 Å². The highest BCUT2D eigenvalue weighted by molar-refractivity contribution is 6.08. The molecule has 1 aliphatic rings. The van der Waals surface area contributed by atoms with Crippen LogP contribution in [0.15, 0.2) is 0 Å². The van der Waals surface area contributed by atoms with E-state index in [4.69, 9.17) is 4.74 Å². The zero-order valence-electron chi connectivity index (χ0n) is 6.43. The third kappa shape index (κ3) is 1.83. The van der Waals surface area contributed by atoms with Gasteiger partial charge in [-0.05, 0) is 12.8 Å². The van der Waals surface area contributed by atoms with Crippen molar-refractivity contribution >= 4 is 16.2 Å². The van der Waals surface area contributed by atoms with Crippen molar-refractivity contribution in [3.8, 4) is 0 Å². The number of carbonyl (C=O) groups is 1. The summed E-state index contributed by atoms with van der Waals surface area (Å²) in [5.41, 5.74) is 0. The minimum atomic E-state index is 0.0486. The molecule has 0 bridgehead atoms. The molecule has 58 valence electrons. The largest absolute Gasteiger partial charge is 0.470 e. The second-order valence-corrected chi connectivity index (χ2v) is 3.31. The highest BCUT2D eigenvalue weighted by Gasteiger charge is 2.23. The molecule has 0 spiro atoms. The second kappa shape index (κ2) is 3.76. The van der Waals surface area contributed by atoms with Crippen LogP contribution in [-0.4, -0.2) is 22.4 Å². The molecule has 1 rings (SSSR count). The van der Waals surface area contributed by atoms with Crippen molar-refractivity contribution in [2.24, 2.45) is 5.92 Å². The molecule has 0 aromatic carbocycles.